The molecule has 1 aliphatic heterocycles. The van der Waals surface area contributed by atoms with Gasteiger partial charge in [0.15, 0.2) is 11.5 Å². The number of ether oxygens (including phenoxy) is 7. The summed E-state index contributed by atoms with van der Waals surface area (Å²) in [6.45, 7) is 8.13. The zero-order valence-electron chi connectivity index (χ0n) is 33.9. The molecule has 0 spiro atoms. The number of hydrogen-bond donors (Lipinski definition) is 0. The Morgan fingerprint density at radius 3 is 1.72 bits per heavy atom. The average molecular weight is 823 g/mol. The molecule has 0 radical (unpaired) electrons. The van der Waals surface area contributed by atoms with Crippen LogP contribution in [0.3, 0.4) is 0 Å². The smallest absolute Gasteiger partial charge is 0.169 e. The first-order valence-corrected chi connectivity index (χ1v) is 20.7. The molecule has 0 saturated heterocycles. The van der Waals surface area contributed by atoms with E-state index in [1.807, 2.05) is 146 Å². The lowest BCUT2D eigenvalue weighted by atomic mass is 9.93. The Morgan fingerprint density at radius 2 is 1.15 bits per heavy atom. The van der Waals surface area contributed by atoms with Gasteiger partial charge < -0.3 is 33.2 Å². The van der Waals surface area contributed by atoms with Gasteiger partial charge in [0.25, 0.3) is 0 Å². The maximum absolute atomic E-state index is 7.22. The van der Waals surface area contributed by atoms with Crippen molar-refractivity contribution >= 4 is 11.6 Å². The molecule has 0 fully saturated rings. The normalized spacial score (nSPS) is 16.3. The highest BCUT2D eigenvalue weighted by molar-refractivity contribution is 6.31. The van der Waals surface area contributed by atoms with Crippen LogP contribution >= 0.6 is 11.6 Å². The first-order valence-electron chi connectivity index (χ1n) is 20.4. The van der Waals surface area contributed by atoms with Gasteiger partial charge in [-0.3, -0.25) is 0 Å². The SMILES string of the molecule is C=CCOc1cc(Cl)c(Cc2ccc(OCC)cc2)cc1[C@@H]1O[C@H](COCc2ccccc2)C(OCc2ccccc2)=C(OCc2ccccc2)[C@H]1OCc1ccccc1. The van der Waals surface area contributed by atoms with Gasteiger partial charge in [-0.05, 0) is 71.0 Å². The highest BCUT2D eigenvalue weighted by atomic mass is 35.5. The zero-order valence-corrected chi connectivity index (χ0v) is 34.7. The minimum absolute atomic E-state index is 0.175. The molecule has 0 aromatic heterocycles. The van der Waals surface area contributed by atoms with E-state index in [9.17, 15) is 0 Å². The average Bonchev–Trinajstić information content (AvgIpc) is 3.29. The molecular weight excluding hydrogens is 772 g/mol. The third-order valence-electron chi connectivity index (χ3n) is 9.98. The molecule has 0 saturated carbocycles. The molecule has 6 aromatic rings. The molecule has 1 heterocycles. The summed E-state index contributed by atoms with van der Waals surface area (Å²) in [6.07, 6.45) is 0.0496. The maximum atomic E-state index is 7.22. The van der Waals surface area contributed by atoms with E-state index in [1.54, 1.807) is 6.08 Å². The summed E-state index contributed by atoms with van der Waals surface area (Å²) in [5.41, 5.74) is 6.74. The van der Waals surface area contributed by atoms with E-state index in [-0.39, 0.29) is 33.0 Å². The second kappa shape index (κ2) is 22.0. The van der Waals surface area contributed by atoms with Crippen LogP contribution in [-0.4, -0.2) is 32.0 Å². The van der Waals surface area contributed by atoms with E-state index in [0.717, 1.165) is 44.7 Å². The van der Waals surface area contributed by atoms with Crippen molar-refractivity contribution in [2.45, 2.75) is 58.1 Å². The number of benzene rings is 6. The van der Waals surface area contributed by atoms with Crippen molar-refractivity contribution < 1.29 is 33.2 Å². The Balaban J connectivity index is 1.34. The van der Waals surface area contributed by atoms with Crippen molar-refractivity contribution in [2.75, 3.05) is 19.8 Å². The molecule has 308 valence electrons. The topological polar surface area (TPSA) is 64.6 Å². The van der Waals surface area contributed by atoms with Crippen molar-refractivity contribution in [1.29, 1.82) is 0 Å². The van der Waals surface area contributed by atoms with Crippen molar-refractivity contribution in [2.24, 2.45) is 0 Å². The van der Waals surface area contributed by atoms with E-state index in [4.69, 9.17) is 44.8 Å². The van der Waals surface area contributed by atoms with Crippen LogP contribution in [0.5, 0.6) is 11.5 Å². The molecule has 0 aliphatic carbocycles. The highest BCUT2D eigenvalue weighted by Crippen LogP contribution is 2.44. The van der Waals surface area contributed by atoms with Gasteiger partial charge in [0.2, 0.25) is 0 Å². The van der Waals surface area contributed by atoms with Crippen LogP contribution in [-0.2, 0) is 56.5 Å². The van der Waals surface area contributed by atoms with Gasteiger partial charge >= 0.3 is 0 Å². The van der Waals surface area contributed by atoms with Crippen LogP contribution in [0, 0.1) is 0 Å². The standard InChI is InChI=1S/C52H51ClO7/c1-3-29-56-47-32-46(53)43(30-38-25-27-44(28-26-38)55-4-2)31-45(47)49-51(58-35-41-21-13-7-14-22-41)52(59-36-42-23-15-8-16-24-42)50(57-34-40-19-11-6-12-20-40)48(60-49)37-54-33-39-17-9-5-10-18-39/h3,5-28,31-32,48-49,51H,1,4,29-30,33-37H2,2H3/t48-,49+,51+/m1/s1. The van der Waals surface area contributed by atoms with E-state index in [2.05, 4.69) is 24.8 Å². The third-order valence-corrected chi connectivity index (χ3v) is 10.3. The third kappa shape index (κ3) is 11.7. The predicted octanol–water partition coefficient (Wildman–Crippen LogP) is 11.8. The predicted molar refractivity (Wildman–Crippen MR) is 236 cm³/mol. The van der Waals surface area contributed by atoms with Crippen LogP contribution < -0.4 is 9.47 Å². The second-order valence-electron chi connectivity index (χ2n) is 14.4. The van der Waals surface area contributed by atoms with Crippen LogP contribution in [0.15, 0.2) is 182 Å². The van der Waals surface area contributed by atoms with E-state index in [0.29, 0.717) is 41.9 Å². The molecule has 7 nitrogen and oxygen atoms in total. The molecule has 0 N–H and O–H groups in total. The van der Waals surface area contributed by atoms with Crippen molar-refractivity contribution in [3.05, 3.63) is 226 Å². The molecule has 3 atom stereocenters. The lowest BCUT2D eigenvalue weighted by Gasteiger charge is -2.39. The molecule has 8 heteroatoms. The van der Waals surface area contributed by atoms with E-state index >= 15 is 0 Å². The summed E-state index contributed by atoms with van der Waals surface area (Å²) in [7, 11) is 0. The summed E-state index contributed by atoms with van der Waals surface area (Å²) >= 11 is 7.08. The summed E-state index contributed by atoms with van der Waals surface area (Å²) in [4.78, 5) is 0. The van der Waals surface area contributed by atoms with E-state index in [1.165, 1.54) is 0 Å². The van der Waals surface area contributed by atoms with Gasteiger partial charge in [-0.2, -0.15) is 0 Å². The van der Waals surface area contributed by atoms with Gasteiger partial charge in [0.05, 0.1) is 26.4 Å². The monoisotopic (exact) mass is 822 g/mol. The fourth-order valence-electron chi connectivity index (χ4n) is 7.01. The van der Waals surface area contributed by atoms with Crippen molar-refractivity contribution in [3.8, 4) is 11.5 Å². The quantitative estimate of drug-likeness (QED) is 0.0670. The number of hydrogen-bond acceptors (Lipinski definition) is 7. The molecular formula is C52H51ClO7. The molecule has 7 rings (SSSR count). The van der Waals surface area contributed by atoms with Gasteiger partial charge in [-0.1, -0.05) is 158 Å². The van der Waals surface area contributed by atoms with Crippen LogP contribution in [0.2, 0.25) is 5.02 Å². The minimum Gasteiger partial charge on any atom is -0.494 e. The molecule has 0 unspecified atom stereocenters. The summed E-state index contributed by atoms with van der Waals surface area (Å²) in [5.74, 6) is 2.40. The molecule has 1 aliphatic rings. The number of rotatable bonds is 21. The molecule has 6 aromatic carbocycles. The van der Waals surface area contributed by atoms with Gasteiger partial charge in [0, 0.05) is 10.6 Å². The van der Waals surface area contributed by atoms with Crippen LogP contribution in [0.1, 0.15) is 52.0 Å². The Bertz CT molecular complexity index is 2250. The first-order chi connectivity index (χ1) is 29.6. The summed E-state index contributed by atoms with van der Waals surface area (Å²) in [5, 5.41) is 0.565. The highest BCUT2D eigenvalue weighted by Gasteiger charge is 2.44. The minimum atomic E-state index is -0.782. The Labute approximate surface area is 358 Å². The lowest BCUT2D eigenvalue weighted by Crippen LogP contribution is -2.41. The first kappa shape index (κ1) is 42.3. The Hall–Kier alpha value is -5.83. The van der Waals surface area contributed by atoms with Gasteiger partial charge in [-0.15, -0.1) is 0 Å². The molecule has 60 heavy (non-hydrogen) atoms. The summed E-state index contributed by atoms with van der Waals surface area (Å²) in [6, 6.07) is 52.2. The largest absolute Gasteiger partial charge is 0.494 e. The van der Waals surface area contributed by atoms with Crippen molar-refractivity contribution in [3.63, 3.8) is 0 Å². The molecule has 0 amide bonds. The molecule has 0 bridgehead atoms. The van der Waals surface area contributed by atoms with Crippen LogP contribution in [0.4, 0.5) is 0 Å². The van der Waals surface area contributed by atoms with E-state index < -0.39 is 18.3 Å². The second-order valence-corrected chi connectivity index (χ2v) is 14.8. The van der Waals surface area contributed by atoms with Gasteiger partial charge in [-0.25, -0.2) is 0 Å². The zero-order chi connectivity index (χ0) is 41.4. The Morgan fingerprint density at radius 1 is 0.600 bits per heavy atom. The summed E-state index contributed by atoms with van der Waals surface area (Å²) < 4.78 is 46.4. The van der Waals surface area contributed by atoms with Crippen LogP contribution in [0.25, 0.3) is 0 Å². The fraction of sp³-hybridized carbons (Fsp3) is 0.231. The fourth-order valence-corrected chi connectivity index (χ4v) is 7.23. The maximum Gasteiger partial charge on any atom is 0.169 e. The Kier molecular flexibility index (Phi) is 15.5. The van der Waals surface area contributed by atoms with Crippen molar-refractivity contribution in [1.82, 2.24) is 0 Å². The lowest BCUT2D eigenvalue weighted by molar-refractivity contribution is -0.157. The number of halogens is 1. The van der Waals surface area contributed by atoms with Gasteiger partial charge in [0.1, 0.15) is 49.6 Å².